The Morgan fingerprint density at radius 3 is 2.28 bits per heavy atom. The van der Waals surface area contributed by atoms with Gasteiger partial charge in [-0.25, -0.2) is 9.97 Å². The molecular formula is C22H27N3O3S. The van der Waals surface area contributed by atoms with Crippen LogP contribution >= 0.6 is 11.8 Å². The van der Waals surface area contributed by atoms with Crippen molar-refractivity contribution in [3.8, 4) is 0 Å². The van der Waals surface area contributed by atoms with Crippen LogP contribution in [0.2, 0.25) is 0 Å². The smallest absolute Gasteiger partial charge is 0.306 e. The van der Waals surface area contributed by atoms with Gasteiger partial charge < -0.3 is 9.64 Å². The van der Waals surface area contributed by atoms with Crippen molar-refractivity contribution < 1.29 is 14.3 Å². The van der Waals surface area contributed by atoms with Crippen LogP contribution < -0.4 is 0 Å². The van der Waals surface area contributed by atoms with Gasteiger partial charge in [0.05, 0.1) is 0 Å². The standard InChI is InChI=1S/C22H27N3O3S/c1-15-19(16(2)24-22(23-15)29-3)10-11-20(26)28-14-17-6-8-18(9-7-17)21(27)25-12-4-5-13-25/h6-9H,4-5,10-14H2,1-3H3. The van der Waals surface area contributed by atoms with Gasteiger partial charge in [-0.2, -0.15) is 0 Å². The highest BCUT2D eigenvalue weighted by molar-refractivity contribution is 7.98. The van der Waals surface area contributed by atoms with Crippen molar-refractivity contribution in [2.75, 3.05) is 19.3 Å². The third-order valence-corrected chi connectivity index (χ3v) is 5.70. The third-order valence-electron chi connectivity index (χ3n) is 5.16. The van der Waals surface area contributed by atoms with Gasteiger partial charge in [0.1, 0.15) is 6.61 Å². The molecule has 0 spiro atoms. The Kier molecular flexibility index (Phi) is 7.25. The van der Waals surface area contributed by atoms with Gasteiger partial charge in [-0.3, -0.25) is 9.59 Å². The van der Waals surface area contributed by atoms with Gasteiger partial charge in [0, 0.05) is 36.5 Å². The van der Waals surface area contributed by atoms with Crippen LogP contribution in [0.3, 0.4) is 0 Å². The average Bonchev–Trinajstić information content (AvgIpc) is 3.26. The first-order valence-electron chi connectivity index (χ1n) is 9.90. The summed E-state index contributed by atoms with van der Waals surface area (Å²) >= 11 is 1.51. The quantitative estimate of drug-likeness (QED) is 0.391. The highest BCUT2D eigenvalue weighted by Gasteiger charge is 2.19. The summed E-state index contributed by atoms with van der Waals surface area (Å²) in [6.07, 6.45) is 4.95. The molecule has 1 aromatic heterocycles. The number of carbonyl (C=O) groups excluding carboxylic acids is 2. The number of carbonyl (C=O) groups is 2. The topological polar surface area (TPSA) is 72.4 Å². The lowest BCUT2D eigenvalue weighted by Gasteiger charge is -2.15. The molecule has 2 heterocycles. The van der Waals surface area contributed by atoms with Crippen molar-refractivity contribution in [3.05, 3.63) is 52.3 Å². The van der Waals surface area contributed by atoms with E-state index in [1.165, 1.54) is 11.8 Å². The molecule has 1 aliphatic rings. The number of hydrogen-bond acceptors (Lipinski definition) is 6. The number of benzene rings is 1. The molecule has 0 unspecified atom stereocenters. The number of likely N-dealkylation sites (tertiary alicyclic amines) is 1. The van der Waals surface area contributed by atoms with E-state index in [1.807, 2.05) is 37.1 Å². The zero-order valence-corrected chi connectivity index (χ0v) is 18.1. The fourth-order valence-corrected chi connectivity index (χ4v) is 3.93. The Labute approximate surface area is 176 Å². The molecule has 7 heteroatoms. The van der Waals surface area contributed by atoms with E-state index in [-0.39, 0.29) is 24.9 Å². The van der Waals surface area contributed by atoms with Crippen molar-refractivity contribution in [1.29, 1.82) is 0 Å². The van der Waals surface area contributed by atoms with Crippen LogP contribution in [0.5, 0.6) is 0 Å². The van der Waals surface area contributed by atoms with E-state index >= 15 is 0 Å². The zero-order chi connectivity index (χ0) is 20.8. The summed E-state index contributed by atoms with van der Waals surface area (Å²) in [6.45, 7) is 5.77. The minimum Gasteiger partial charge on any atom is -0.461 e. The number of aromatic nitrogens is 2. The Balaban J connectivity index is 1.49. The molecule has 2 aromatic rings. The summed E-state index contributed by atoms with van der Waals surface area (Å²) in [5.74, 6) is -0.179. The summed E-state index contributed by atoms with van der Waals surface area (Å²) < 4.78 is 5.40. The molecule has 1 saturated heterocycles. The molecule has 154 valence electrons. The maximum Gasteiger partial charge on any atom is 0.306 e. The lowest BCUT2D eigenvalue weighted by Crippen LogP contribution is -2.27. The van der Waals surface area contributed by atoms with Gasteiger partial charge in [0.25, 0.3) is 5.91 Å². The van der Waals surface area contributed by atoms with Gasteiger partial charge in [0.2, 0.25) is 0 Å². The van der Waals surface area contributed by atoms with E-state index in [2.05, 4.69) is 9.97 Å². The SMILES string of the molecule is CSc1nc(C)c(CCC(=O)OCc2ccc(C(=O)N3CCCC3)cc2)c(C)n1. The Hall–Kier alpha value is -2.41. The number of hydrogen-bond donors (Lipinski definition) is 0. The molecule has 0 radical (unpaired) electrons. The van der Waals surface area contributed by atoms with Crippen molar-refractivity contribution in [2.45, 2.75) is 51.3 Å². The van der Waals surface area contributed by atoms with Crippen LogP contribution in [0.25, 0.3) is 0 Å². The average molecular weight is 414 g/mol. The van der Waals surface area contributed by atoms with Crippen LogP contribution in [0, 0.1) is 13.8 Å². The van der Waals surface area contributed by atoms with Crippen LogP contribution in [-0.2, 0) is 22.6 Å². The van der Waals surface area contributed by atoms with Gasteiger partial charge in [0.15, 0.2) is 5.16 Å². The number of amides is 1. The molecule has 0 atom stereocenters. The number of aryl methyl sites for hydroxylation is 2. The van der Waals surface area contributed by atoms with Crippen molar-refractivity contribution >= 4 is 23.6 Å². The highest BCUT2D eigenvalue weighted by atomic mass is 32.2. The first kappa shape index (κ1) is 21.3. The number of rotatable bonds is 7. The molecule has 1 amide bonds. The highest BCUT2D eigenvalue weighted by Crippen LogP contribution is 2.18. The maximum absolute atomic E-state index is 12.4. The van der Waals surface area contributed by atoms with Gasteiger partial charge in [-0.05, 0) is 62.6 Å². The van der Waals surface area contributed by atoms with E-state index in [1.54, 1.807) is 12.1 Å². The molecule has 1 aliphatic heterocycles. The second-order valence-electron chi connectivity index (χ2n) is 7.22. The first-order valence-corrected chi connectivity index (χ1v) is 11.1. The fraction of sp³-hybridized carbons (Fsp3) is 0.455. The molecule has 3 rings (SSSR count). The normalized spacial score (nSPS) is 13.6. The summed E-state index contributed by atoms with van der Waals surface area (Å²) in [7, 11) is 0. The summed E-state index contributed by atoms with van der Waals surface area (Å²) in [4.78, 5) is 35.3. The molecule has 0 saturated carbocycles. The van der Waals surface area contributed by atoms with Gasteiger partial charge in [-0.1, -0.05) is 23.9 Å². The Morgan fingerprint density at radius 1 is 1.07 bits per heavy atom. The van der Waals surface area contributed by atoms with E-state index in [9.17, 15) is 9.59 Å². The lowest BCUT2D eigenvalue weighted by atomic mass is 10.1. The Bertz CT molecular complexity index is 854. The first-order chi connectivity index (χ1) is 14.0. The van der Waals surface area contributed by atoms with E-state index in [0.29, 0.717) is 12.0 Å². The van der Waals surface area contributed by atoms with E-state index in [4.69, 9.17) is 4.74 Å². The second kappa shape index (κ2) is 9.87. The molecule has 6 nitrogen and oxygen atoms in total. The van der Waals surface area contributed by atoms with Crippen LogP contribution in [-0.4, -0.2) is 46.1 Å². The van der Waals surface area contributed by atoms with Crippen LogP contribution in [0.1, 0.15) is 52.1 Å². The largest absolute Gasteiger partial charge is 0.461 e. The molecule has 0 aliphatic carbocycles. The predicted molar refractivity (Wildman–Crippen MR) is 113 cm³/mol. The monoisotopic (exact) mass is 413 g/mol. The molecule has 0 N–H and O–H groups in total. The molecule has 0 bridgehead atoms. The molecule has 1 aromatic carbocycles. The van der Waals surface area contributed by atoms with Crippen LogP contribution in [0.15, 0.2) is 29.4 Å². The predicted octanol–water partition coefficient (Wildman–Crippen LogP) is 3.73. The fourth-order valence-electron chi connectivity index (χ4n) is 3.47. The zero-order valence-electron chi connectivity index (χ0n) is 17.2. The maximum atomic E-state index is 12.4. The molecule has 1 fully saturated rings. The summed E-state index contributed by atoms with van der Waals surface area (Å²) in [5.41, 5.74) is 4.38. The van der Waals surface area contributed by atoms with Crippen molar-refractivity contribution in [3.63, 3.8) is 0 Å². The minimum absolute atomic E-state index is 0.0755. The molecular weight excluding hydrogens is 386 g/mol. The van der Waals surface area contributed by atoms with Gasteiger partial charge in [-0.15, -0.1) is 0 Å². The number of nitrogens with zero attached hydrogens (tertiary/aromatic N) is 3. The van der Waals surface area contributed by atoms with Crippen LogP contribution in [0.4, 0.5) is 0 Å². The van der Waals surface area contributed by atoms with Crippen molar-refractivity contribution in [2.24, 2.45) is 0 Å². The van der Waals surface area contributed by atoms with Gasteiger partial charge >= 0.3 is 5.97 Å². The van der Waals surface area contributed by atoms with E-state index < -0.39 is 0 Å². The minimum atomic E-state index is -0.255. The number of thioether (sulfide) groups is 1. The number of ether oxygens (including phenoxy) is 1. The Morgan fingerprint density at radius 2 is 1.69 bits per heavy atom. The second-order valence-corrected chi connectivity index (χ2v) is 7.99. The lowest BCUT2D eigenvalue weighted by molar-refractivity contribution is -0.144. The summed E-state index contributed by atoms with van der Waals surface area (Å²) in [6, 6.07) is 7.31. The summed E-state index contributed by atoms with van der Waals surface area (Å²) in [5, 5.41) is 0.748. The third kappa shape index (κ3) is 5.56. The van der Waals surface area contributed by atoms with Crippen molar-refractivity contribution in [1.82, 2.24) is 14.9 Å². The van der Waals surface area contributed by atoms with E-state index in [0.717, 1.165) is 53.6 Å². The molecule has 29 heavy (non-hydrogen) atoms. The number of esters is 1.